The molecule has 2 heterocycles. The van der Waals surface area contributed by atoms with Crippen LogP contribution >= 0.6 is 0 Å². The monoisotopic (exact) mass is 842 g/mol. The van der Waals surface area contributed by atoms with Crippen LogP contribution in [0.2, 0.25) is 0 Å². The van der Waals surface area contributed by atoms with Crippen molar-refractivity contribution in [3.05, 3.63) is 159 Å². The summed E-state index contributed by atoms with van der Waals surface area (Å²) in [4.78, 5) is 0. The average Bonchev–Trinajstić information content (AvgIpc) is 3.78. The van der Waals surface area contributed by atoms with E-state index in [1.807, 2.05) is 0 Å². The first-order chi connectivity index (χ1) is 29.8. The molecule has 1 fully saturated rings. The zero-order valence-electron chi connectivity index (χ0n) is 32.6. The maximum Gasteiger partial charge on any atom is 0.229 e. The number of aromatic hydroxyl groups is 7. The van der Waals surface area contributed by atoms with Crippen LogP contribution in [-0.4, -0.2) is 93.5 Å². The average molecular weight is 843 g/mol. The second kappa shape index (κ2) is 14.8. The number of aliphatic hydroxyl groups excluding tert-OH is 4. The normalized spacial score (nSPS) is 28.1. The molecule has 0 spiro atoms. The summed E-state index contributed by atoms with van der Waals surface area (Å²) < 4.78 is 18.6. The Hall–Kier alpha value is -6.68. The molecule has 2 aliphatic carbocycles. The number of aliphatic hydroxyl groups is 4. The van der Waals surface area contributed by atoms with Gasteiger partial charge in [0, 0.05) is 58.6 Å². The fraction of sp³-hybridized carbons (Fsp3) is 0.250. The van der Waals surface area contributed by atoms with E-state index in [0.29, 0.717) is 55.8 Å². The highest BCUT2D eigenvalue weighted by molar-refractivity contribution is 5.69. The molecule has 0 saturated carbocycles. The molecule has 14 heteroatoms. The van der Waals surface area contributed by atoms with Crippen molar-refractivity contribution in [1.82, 2.24) is 0 Å². The molecule has 6 aromatic rings. The quantitative estimate of drug-likeness (QED) is 0.103. The molecule has 0 radical (unpaired) electrons. The molecule has 2 aliphatic heterocycles. The smallest absolute Gasteiger partial charge is 0.229 e. The molecule has 0 aromatic heterocycles. The van der Waals surface area contributed by atoms with Crippen molar-refractivity contribution in [3.63, 3.8) is 0 Å². The summed E-state index contributed by atoms with van der Waals surface area (Å²) in [6.07, 6.45) is -8.84. The third-order valence-corrected chi connectivity index (χ3v) is 13.0. The summed E-state index contributed by atoms with van der Waals surface area (Å²) in [6, 6.07) is 28.4. The van der Waals surface area contributed by atoms with Crippen LogP contribution in [0.25, 0.3) is 0 Å². The summed E-state index contributed by atoms with van der Waals surface area (Å²) >= 11 is 0. The van der Waals surface area contributed by atoms with Gasteiger partial charge in [-0.2, -0.15) is 0 Å². The van der Waals surface area contributed by atoms with Gasteiger partial charge in [-0.25, -0.2) is 0 Å². The van der Waals surface area contributed by atoms with Crippen LogP contribution in [0.15, 0.2) is 109 Å². The van der Waals surface area contributed by atoms with E-state index in [1.54, 1.807) is 54.6 Å². The molecule has 14 nitrogen and oxygen atoms in total. The minimum absolute atomic E-state index is 0.00207. The van der Waals surface area contributed by atoms with Crippen molar-refractivity contribution in [3.8, 4) is 51.7 Å². The van der Waals surface area contributed by atoms with Crippen LogP contribution < -0.4 is 9.47 Å². The summed E-state index contributed by atoms with van der Waals surface area (Å²) in [5.41, 5.74) is 4.98. The first-order valence-electron chi connectivity index (χ1n) is 20.1. The third-order valence-electron chi connectivity index (χ3n) is 13.0. The van der Waals surface area contributed by atoms with E-state index in [1.165, 1.54) is 54.6 Å². The Morgan fingerprint density at radius 2 is 0.968 bits per heavy atom. The van der Waals surface area contributed by atoms with Gasteiger partial charge in [-0.05, 0) is 88.0 Å². The highest BCUT2D eigenvalue weighted by Gasteiger charge is 2.55. The highest BCUT2D eigenvalue weighted by atomic mass is 16.7. The maximum absolute atomic E-state index is 12.3. The van der Waals surface area contributed by atoms with Crippen molar-refractivity contribution in [2.45, 2.75) is 66.4 Å². The van der Waals surface area contributed by atoms with E-state index in [4.69, 9.17) is 14.2 Å². The van der Waals surface area contributed by atoms with E-state index in [0.717, 1.165) is 0 Å². The lowest BCUT2D eigenvalue weighted by atomic mass is 9.63. The van der Waals surface area contributed by atoms with E-state index in [-0.39, 0.29) is 46.0 Å². The minimum atomic E-state index is -1.77. The van der Waals surface area contributed by atoms with Crippen LogP contribution in [0, 0.1) is 0 Å². The van der Waals surface area contributed by atoms with Crippen molar-refractivity contribution in [2.24, 2.45) is 0 Å². The number of hydrogen-bond donors (Lipinski definition) is 11. The molecule has 318 valence electrons. The predicted molar refractivity (Wildman–Crippen MR) is 219 cm³/mol. The number of benzene rings is 6. The molecule has 6 aromatic carbocycles. The lowest BCUT2D eigenvalue weighted by Gasteiger charge is -2.40. The van der Waals surface area contributed by atoms with Gasteiger partial charge in [0.2, 0.25) is 6.29 Å². The second-order valence-corrected chi connectivity index (χ2v) is 16.5. The van der Waals surface area contributed by atoms with Crippen molar-refractivity contribution in [1.29, 1.82) is 0 Å². The number of ether oxygens (including phenoxy) is 3. The Labute approximate surface area is 353 Å². The Morgan fingerprint density at radius 3 is 1.55 bits per heavy atom. The van der Waals surface area contributed by atoms with Crippen molar-refractivity contribution < 1.29 is 70.4 Å². The number of fused-ring (bicyclic) bond motifs is 6. The largest absolute Gasteiger partial charge is 0.508 e. The molecule has 62 heavy (non-hydrogen) atoms. The van der Waals surface area contributed by atoms with Gasteiger partial charge in [0.1, 0.15) is 82.3 Å². The fourth-order valence-electron chi connectivity index (χ4n) is 10.4. The van der Waals surface area contributed by atoms with E-state index in [9.17, 15) is 56.2 Å². The molecule has 0 unspecified atom stereocenters. The van der Waals surface area contributed by atoms with Crippen LogP contribution in [0.5, 0.6) is 51.7 Å². The number of phenolic OH excluding ortho intramolecular Hbond substituents is 7. The van der Waals surface area contributed by atoms with Crippen LogP contribution in [-0.2, 0) is 4.74 Å². The Morgan fingerprint density at radius 1 is 0.468 bits per heavy atom. The summed E-state index contributed by atoms with van der Waals surface area (Å²) in [5.74, 6) is -4.37. The van der Waals surface area contributed by atoms with E-state index >= 15 is 0 Å². The van der Waals surface area contributed by atoms with Crippen LogP contribution in [0.4, 0.5) is 0 Å². The molecule has 0 bridgehead atoms. The fourth-order valence-corrected chi connectivity index (χ4v) is 10.4. The maximum atomic E-state index is 12.3. The molecule has 11 atom stereocenters. The number of hydrogen-bond acceptors (Lipinski definition) is 14. The van der Waals surface area contributed by atoms with Gasteiger partial charge in [-0.3, -0.25) is 0 Å². The lowest BCUT2D eigenvalue weighted by Crippen LogP contribution is -2.60. The zero-order valence-corrected chi connectivity index (χ0v) is 32.6. The molecular weight excluding hydrogens is 801 g/mol. The molecular formula is C48H42O14. The zero-order chi connectivity index (χ0) is 43.3. The van der Waals surface area contributed by atoms with Gasteiger partial charge in [-0.1, -0.05) is 36.4 Å². The summed E-state index contributed by atoms with van der Waals surface area (Å²) in [7, 11) is 0. The van der Waals surface area contributed by atoms with Gasteiger partial charge in [0.25, 0.3) is 0 Å². The van der Waals surface area contributed by atoms with Crippen LogP contribution in [0.3, 0.4) is 0 Å². The van der Waals surface area contributed by atoms with Gasteiger partial charge < -0.3 is 70.4 Å². The van der Waals surface area contributed by atoms with Gasteiger partial charge >= 0.3 is 0 Å². The van der Waals surface area contributed by atoms with E-state index < -0.39 is 73.0 Å². The Kier molecular flexibility index (Phi) is 9.39. The third kappa shape index (κ3) is 6.21. The molecule has 11 N–H and O–H groups in total. The summed E-state index contributed by atoms with van der Waals surface area (Å²) in [6.45, 7) is -0.697. The molecule has 10 rings (SSSR count). The highest BCUT2D eigenvalue weighted by Crippen LogP contribution is 2.69. The van der Waals surface area contributed by atoms with Gasteiger partial charge in [-0.15, -0.1) is 0 Å². The SMILES string of the molecule is OC[C@H]1O[C@@H](Oc2cc(O)c3c(c2)[C@@H]2[C@@H](c4ccc(O)cc4)c4c(O)cc(O)cc4[C@H]4c5c(cc(O)cc5[C@H]2[C@@H]3c2ccc(O)cc2)O[C@@H]4c2ccc(O)cc2)[C@H](O)[C@@H](O)[C@@H]1O. The molecule has 0 amide bonds. The number of phenols is 7. The first kappa shape index (κ1) is 39.5. The predicted octanol–water partition coefficient (Wildman–Crippen LogP) is 5.23. The summed E-state index contributed by atoms with van der Waals surface area (Å²) in [5, 5.41) is 121. The first-order valence-corrected chi connectivity index (χ1v) is 20.1. The van der Waals surface area contributed by atoms with Crippen LogP contribution in [0.1, 0.15) is 85.8 Å². The Bertz CT molecular complexity index is 2680. The number of rotatable bonds is 6. The minimum Gasteiger partial charge on any atom is -0.508 e. The molecule has 1 saturated heterocycles. The van der Waals surface area contributed by atoms with Gasteiger partial charge in [0.15, 0.2) is 0 Å². The van der Waals surface area contributed by atoms with E-state index in [2.05, 4.69) is 0 Å². The standard InChI is InChI=1S/C48H42O14/c49-19-35-44(57)45(58)46(59)48(62-35)60-28-17-31-39(33(56)18-28)37(21-3-9-24(51)10-4-21)41-30-14-27(54)16-34-40(30)43(47(61-34)22-5-11-25(52)12-6-22)29-13-26(53)15-32(55)38(29)36(42(31)41)20-1-7-23(50)8-2-20/h1-18,35-37,41-59H,19H2/t35-,36+,37-,41+,42-,43+,44-,45+,46-,47-,48-/m1/s1. The Balaban J connectivity index is 1.28. The molecule has 4 aliphatic rings. The topological polar surface area (TPSA) is 250 Å². The second-order valence-electron chi connectivity index (χ2n) is 16.5. The van der Waals surface area contributed by atoms with Crippen molar-refractivity contribution in [2.75, 3.05) is 6.61 Å². The lowest BCUT2D eigenvalue weighted by molar-refractivity contribution is -0.277. The van der Waals surface area contributed by atoms with Crippen molar-refractivity contribution >= 4 is 0 Å². The van der Waals surface area contributed by atoms with Gasteiger partial charge in [0.05, 0.1) is 12.5 Å².